The van der Waals surface area contributed by atoms with Crippen LogP contribution in [0.15, 0.2) is 23.2 Å². The van der Waals surface area contributed by atoms with Crippen LogP contribution >= 0.6 is 0 Å². The number of rotatable bonds is 7. The van der Waals surface area contributed by atoms with E-state index in [9.17, 15) is 17.6 Å². The van der Waals surface area contributed by atoms with E-state index >= 15 is 0 Å². The first-order valence-electron chi connectivity index (χ1n) is 10.3. The third kappa shape index (κ3) is 4.58. The Hall–Kier alpha value is -2.22. The molecule has 1 aliphatic heterocycles. The predicted octanol–water partition coefficient (Wildman–Crippen LogP) is 4.20. The first-order valence-corrected chi connectivity index (χ1v) is 11.9. The molecule has 30 heavy (non-hydrogen) atoms. The van der Waals surface area contributed by atoms with Gasteiger partial charge in [0.1, 0.15) is 11.6 Å². The highest BCUT2D eigenvalue weighted by Crippen LogP contribution is 2.31. The maximum Gasteiger partial charge on any atom is 0.213 e. The summed E-state index contributed by atoms with van der Waals surface area (Å²) in [6.45, 7) is 10.2. The molecule has 3 rings (SSSR count). The zero-order chi connectivity index (χ0) is 22.2. The summed E-state index contributed by atoms with van der Waals surface area (Å²) in [7, 11) is -3.91. The van der Waals surface area contributed by atoms with Crippen molar-refractivity contribution in [2.45, 2.75) is 70.4 Å². The quantitative estimate of drug-likeness (QED) is 0.650. The lowest BCUT2D eigenvalue weighted by Crippen LogP contribution is -2.21. The average molecular weight is 437 g/mol. The minimum Gasteiger partial charge on any atom is -0.478 e. The Morgan fingerprint density at radius 1 is 1.20 bits per heavy atom. The van der Waals surface area contributed by atoms with E-state index < -0.39 is 21.4 Å². The van der Waals surface area contributed by atoms with Gasteiger partial charge >= 0.3 is 0 Å². The molecule has 0 radical (unpaired) electrons. The number of benzene rings is 1. The summed E-state index contributed by atoms with van der Waals surface area (Å²) in [5, 5.41) is 4.02. The number of halogens is 1. The van der Waals surface area contributed by atoms with E-state index in [2.05, 4.69) is 5.10 Å². The van der Waals surface area contributed by atoms with Gasteiger partial charge in [-0.25, -0.2) is 17.5 Å². The third-order valence-electron chi connectivity index (χ3n) is 5.45. The molecule has 8 heteroatoms. The van der Waals surface area contributed by atoms with Crippen molar-refractivity contribution in [1.82, 2.24) is 9.78 Å². The molecule has 0 saturated heterocycles. The van der Waals surface area contributed by atoms with Crippen LogP contribution in [-0.2, 0) is 21.1 Å². The number of hydrogen-bond donors (Lipinski definition) is 0. The molecule has 6 nitrogen and oxygen atoms in total. The molecule has 0 saturated carbocycles. The fraction of sp³-hybridized carbons (Fsp3) is 0.545. The molecule has 2 heterocycles. The Kier molecular flexibility index (Phi) is 6.36. The van der Waals surface area contributed by atoms with E-state index in [1.54, 1.807) is 4.68 Å². The van der Waals surface area contributed by atoms with Crippen LogP contribution in [-0.4, -0.2) is 36.3 Å². The Morgan fingerprint density at radius 2 is 1.80 bits per heavy atom. The van der Waals surface area contributed by atoms with Gasteiger partial charge in [0, 0.05) is 18.9 Å². The molecular weight excluding hydrogens is 407 g/mol. The van der Waals surface area contributed by atoms with Gasteiger partial charge < -0.3 is 4.74 Å². The van der Waals surface area contributed by atoms with Crippen LogP contribution in [0.1, 0.15) is 75.6 Å². The van der Waals surface area contributed by atoms with Crippen molar-refractivity contribution in [3.05, 3.63) is 40.7 Å². The highest BCUT2D eigenvalue weighted by atomic mass is 32.2. The fourth-order valence-corrected chi connectivity index (χ4v) is 5.00. The summed E-state index contributed by atoms with van der Waals surface area (Å²) in [4.78, 5) is 12.8. The first-order chi connectivity index (χ1) is 14.0. The molecule has 0 aliphatic carbocycles. The molecule has 0 N–H and O–H groups in total. The largest absolute Gasteiger partial charge is 0.478 e. The van der Waals surface area contributed by atoms with Gasteiger partial charge in [-0.15, -0.1) is 0 Å². The van der Waals surface area contributed by atoms with Gasteiger partial charge in [-0.2, -0.15) is 5.10 Å². The molecule has 1 atom stereocenters. The average Bonchev–Trinajstić information content (AvgIpc) is 3.08. The van der Waals surface area contributed by atoms with Gasteiger partial charge in [0.15, 0.2) is 10.8 Å². The number of nitrogens with zero attached hydrogens (tertiary/aromatic N) is 2. The Labute approximate surface area is 177 Å². The second kappa shape index (κ2) is 8.49. The Bertz CT molecular complexity index is 1030. The fourth-order valence-electron chi connectivity index (χ4n) is 3.84. The number of hydrogen-bond acceptors (Lipinski definition) is 5. The van der Waals surface area contributed by atoms with Crippen LogP contribution < -0.4 is 4.74 Å². The summed E-state index contributed by atoms with van der Waals surface area (Å²) in [6, 6.07) is 4.30. The first kappa shape index (κ1) is 22.5. The topological polar surface area (TPSA) is 78.3 Å². The molecule has 1 aliphatic rings. The van der Waals surface area contributed by atoms with E-state index in [1.807, 2.05) is 34.6 Å². The van der Waals surface area contributed by atoms with Crippen LogP contribution in [0.25, 0.3) is 0 Å². The van der Waals surface area contributed by atoms with Crippen LogP contribution in [0.2, 0.25) is 0 Å². The van der Waals surface area contributed by atoms with Gasteiger partial charge in [-0.05, 0) is 47.6 Å². The van der Waals surface area contributed by atoms with E-state index in [4.69, 9.17) is 4.74 Å². The van der Waals surface area contributed by atoms with Gasteiger partial charge in [0.2, 0.25) is 15.7 Å². The van der Waals surface area contributed by atoms with Crippen molar-refractivity contribution in [1.29, 1.82) is 0 Å². The van der Waals surface area contributed by atoms with Crippen molar-refractivity contribution in [2.24, 2.45) is 0 Å². The molecular formula is C22H29FN2O4S. The lowest BCUT2D eigenvalue weighted by Gasteiger charge is -2.20. The number of carbonyl (C=O) groups excluding carboxylic acids is 1. The summed E-state index contributed by atoms with van der Waals surface area (Å²) in [5.41, 5.74) is 2.20. The third-order valence-corrected chi connectivity index (χ3v) is 6.99. The lowest BCUT2D eigenvalue weighted by molar-refractivity contribution is -0.116. The van der Waals surface area contributed by atoms with E-state index in [0.29, 0.717) is 12.5 Å². The second-order valence-electron chi connectivity index (χ2n) is 8.60. The molecule has 0 amide bonds. The van der Waals surface area contributed by atoms with Crippen LogP contribution in [0, 0.1) is 5.82 Å². The molecule has 0 bridgehead atoms. The minimum atomic E-state index is -3.91. The molecule has 1 aromatic heterocycles. The number of fused-ring (bicyclic) bond motifs is 1. The maximum absolute atomic E-state index is 14.1. The van der Waals surface area contributed by atoms with Crippen molar-refractivity contribution in [3.8, 4) is 5.88 Å². The van der Waals surface area contributed by atoms with Crippen molar-refractivity contribution < 1.29 is 22.3 Å². The van der Waals surface area contributed by atoms with Crippen molar-refractivity contribution in [2.75, 3.05) is 12.4 Å². The predicted molar refractivity (Wildman–Crippen MR) is 112 cm³/mol. The molecule has 0 spiro atoms. The number of Topliss-reactive ketones (excluding diaryl/α,β-unsaturated/α-hetero) is 1. The van der Waals surface area contributed by atoms with Crippen molar-refractivity contribution >= 4 is 15.6 Å². The lowest BCUT2D eigenvalue weighted by atomic mass is 9.86. The van der Waals surface area contributed by atoms with Crippen LogP contribution in [0.5, 0.6) is 5.88 Å². The Balaban J connectivity index is 1.87. The number of ketones is 1. The van der Waals surface area contributed by atoms with E-state index in [-0.39, 0.29) is 35.1 Å². The summed E-state index contributed by atoms with van der Waals surface area (Å²) < 4.78 is 46.8. The van der Waals surface area contributed by atoms with Gasteiger partial charge in [0.25, 0.3) is 0 Å². The molecule has 1 aromatic carbocycles. The van der Waals surface area contributed by atoms with E-state index in [1.165, 1.54) is 18.2 Å². The number of sulfone groups is 1. The van der Waals surface area contributed by atoms with Gasteiger partial charge in [-0.1, -0.05) is 27.7 Å². The standard InChI is InChI=1S/C22H29FN2O4S/c1-13(2)18-8-16(23)9-19(14(3)4)20(18)10-17(26)12-30(27,28)21-11-22-25(24-21)15(5)6-7-29-22/h8-9,11,13-15H,6-7,10,12H2,1-5H3. The monoisotopic (exact) mass is 436 g/mol. The molecule has 0 fully saturated rings. The maximum atomic E-state index is 14.1. The molecule has 1 unspecified atom stereocenters. The smallest absolute Gasteiger partial charge is 0.213 e. The summed E-state index contributed by atoms with van der Waals surface area (Å²) in [5.74, 6) is -1.01. The van der Waals surface area contributed by atoms with Crippen LogP contribution in [0.3, 0.4) is 0 Å². The minimum absolute atomic E-state index is 0.0103. The van der Waals surface area contributed by atoms with Crippen molar-refractivity contribution in [3.63, 3.8) is 0 Å². The second-order valence-corrected chi connectivity index (χ2v) is 10.5. The SMILES string of the molecule is CC(C)c1cc(F)cc(C(C)C)c1CC(=O)CS(=O)(=O)c1cc2n(n1)C(C)CCO2. The normalized spacial score (nSPS) is 16.6. The zero-order valence-electron chi connectivity index (χ0n) is 18.1. The van der Waals surface area contributed by atoms with Gasteiger partial charge in [-0.3, -0.25) is 4.79 Å². The highest BCUT2D eigenvalue weighted by Gasteiger charge is 2.28. The summed E-state index contributed by atoms with van der Waals surface area (Å²) in [6.07, 6.45) is 0.689. The zero-order valence-corrected chi connectivity index (χ0v) is 18.9. The molecule has 2 aromatic rings. The number of aromatic nitrogens is 2. The highest BCUT2D eigenvalue weighted by molar-refractivity contribution is 7.92. The number of ether oxygens (including phenoxy) is 1. The number of carbonyl (C=O) groups is 1. The van der Waals surface area contributed by atoms with E-state index in [0.717, 1.165) is 23.1 Å². The summed E-state index contributed by atoms with van der Waals surface area (Å²) >= 11 is 0. The Morgan fingerprint density at radius 3 is 2.33 bits per heavy atom. The molecule has 164 valence electrons. The van der Waals surface area contributed by atoms with Crippen LogP contribution in [0.4, 0.5) is 4.39 Å². The van der Waals surface area contributed by atoms with Gasteiger partial charge in [0.05, 0.1) is 12.6 Å².